The molecule has 0 aliphatic heterocycles. The van der Waals surface area contributed by atoms with Gasteiger partial charge in [-0.1, -0.05) is 36.9 Å². The summed E-state index contributed by atoms with van der Waals surface area (Å²) < 4.78 is 7.59. The van der Waals surface area contributed by atoms with Gasteiger partial charge in [-0.3, -0.25) is 0 Å². The van der Waals surface area contributed by atoms with Crippen molar-refractivity contribution >= 4 is 16.9 Å². The van der Waals surface area contributed by atoms with Crippen LogP contribution in [0.1, 0.15) is 23.6 Å². The molecule has 2 aromatic heterocycles. The summed E-state index contributed by atoms with van der Waals surface area (Å²) in [5, 5.41) is 15.9. The molecule has 1 atom stereocenters. The highest BCUT2D eigenvalue weighted by Gasteiger charge is 2.26. The van der Waals surface area contributed by atoms with E-state index >= 15 is 0 Å². The molecule has 5 rings (SSSR count). The monoisotopic (exact) mass is 413 g/mol. The minimum atomic E-state index is 0.0845. The van der Waals surface area contributed by atoms with Gasteiger partial charge in [0, 0.05) is 11.6 Å². The summed E-state index contributed by atoms with van der Waals surface area (Å²) >= 11 is 0. The number of hydrogen-bond donors (Lipinski definition) is 2. The van der Waals surface area contributed by atoms with Crippen LogP contribution in [0.2, 0.25) is 0 Å². The van der Waals surface area contributed by atoms with Crippen molar-refractivity contribution in [2.45, 2.75) is 25.3 Å². The molecular weight excluding hydrogens is 390 g/mol. The van der Waals surface area contributed by atoms with Gasteiger partial charge in [0.05, 0.1) is 11.4 Å². The van der Waals surface area contributed by atoms with Gasteiger partial charge in [0.15, 0.2) is 5.65 Å². The lowest BCUT2D eigenvalue weighted by Crippen LogP contribution is -2.20. The molecule has 0 radical (unpaired) electrons. The van der Waals surface area contributed by atoms with Crippen LogP contribution in [-0.2, 0) is 12.8 Å². The zero-order valence-corrected chi connectivity index (χ0v) is 17.0. The Morgan fingerprint density at radius 2 is 2.03 bits per heavy atom. The molecule has 7 heteroatoms. The first kappa shape index (κ1) is 19.1. The lowest BCUT2D eigenvalue weighted by atomic mass is 9.88. The molecule has 3 N–H and O–H groups in total. The largest absolute Gasteiger partial charge is 0.508 e. The minimum Gasteiger partial charge on any atom is -0.508 e. The van der Waals surface area contributed by atoms with E-state index in [1.165, 1.54) is 17.5 Å². The number of anilines is 1. The zero-order valence-electron chi connectivity index (χ0n) is 17.0. The van der Waals surface area contributed by atoms with E-state index in [4.69, 9.17) is 15.6 Å². The number of hydrogen-bond acceptors (Lipinski definition) is 6. The van der Waals surface area contributed by atoms with Gasteiger partial charge in [-0.25, -0.2) is 14.6 Å². The fourth-order valence-corrected chi connectivity index (χ4v) is 4.30. The Labute approximate surface area is 179 Å². The lowest BCUT2D eigenvalue weighted by Gasteiger charge is -2.25. The van der Waals surface area contributed by atoms with E-state index in [0.717, 1.165) is 19.3 Å². The van der Waals surface area contributed by atoms with Gasteiger partial charge in [0.2, 0.25) is 0 Å². The summed E-state index contributed by atoms with van der Waals surface area (Å²) in [6.07, 6.45) is 5.96. The molecule has 0 spiro atoms. The summed E-state index contributed by atoms with van der Waals surface area (Å²) in [6.45, 7) is 4.00. The number of phenols is 1. The van der Waals surface area contributed by atoms with Gasteiger partial charge < -0.3 is 15.6 Å². The maximum absolute atomic E-state index is 10.3. The first-order valence-corrected chi connectivity index (χ1v) is 10.3. The number of rotatable bonds is 5. The first-order valence-electron chi connectivity index (χ1n) is 10.3. The number of ether oxygens (including phenoxy) is 1. The van der Waals surface area contributed by atoms with Crippen molar-refractivity contribution in [3.05, 3.63) is 72.6 Å². The van der Waals surface area contributed by atoms with Crippen LogP contribution in [0.4, 0.5) is 5.82 Å². The summed E-state index contributed by atoms with van der Waals surface area (Å²) in [5.41, 5.74) is 11.0. The average Bonchev–Trinajstić information content (AvgIpc) is 3.18. The second kappa shape index (κ2) is 7.75. The highest BCUT2D eigenvalue weighted by atomic mass is 16.5. The third-order valence-corrected chi connectivity index (χ3v) is 5.72. The normalized spacial score (nSPS) is 15.5. The zero-order chi connectivity index (χ0) is 21.4. The van der Waals surface area contributed by atoms with Gasteiger partial charge in [0.1, 0.15) is 35.9 Å². The predicted molar refractivity (Wildman–Crippen MR) is 120 cm³/mol. The van der Waals surface area contributed by atoms with Crippen LogP contribution in [0, 0.1) is 0 Å². The number of benzene rings is 2. The molecule has 0 amide bonds. The third kappa shape index (κ3) is 3.48. The van der Waals surface area contributed by atoms with E-state index in [9.17, 15) is 5.11 Å². The Balaban J connectivity index is 1.63. The number of fused-ring (bicyclic) bond motifs is 2. The fraction of sp³-hybridized carbons (Fsp3) is 0.208. The molecule has 156 valence electrons. The van der Waals surface area contributed by atoms with E-state index in [2.05, 4.69) is 40.8 Å². The Hall–Kier alpha value is -3.87. The van der Waals surface area contributed by atoms with Gasteiger partial charge in [-0.05, 0) is 42.5 Å². The maximum atomic E-state index is 10.3. The van der Waals surface area contributed by atoms with Crippen molar-refractivity contribution < 1.29 is 9.84 Å². The van der Waals surface area contributed by atoms with Crippen molar-refractivity contribution in [3.63, 3.8) is 0 Å². The molecule has 4 aromatic rings. The van der Waals surface area contributed by atoms with Crippen LogP contribution < -0.4 is 10.5 Å². The van der Waals surface area contributed by atoms with Gasteiger partial charge in [-0.15, -0.1) is 0 Å². The Bertz CT molecular complexity index is 1280. The van der Waals surface area contributed by atoms with Crippen LogP contribution in [0.15, 0.2) is 61.4 Å². The van der Waals surface area contributed by atoms with E-state index in [0.29, 0.717) is 40.5 Å². The topological polar surface area (TPSA) is 99.1 Å². The van der Waals surface area contributed by atoms with Crippen LogP contribution in [0.3, 0.4) is 0 Å². The Morgan fingerprint density at radius 3 is 2.87 bits per heavy atom. The average molecular weight is 413 g/mol. The molecular formula is C24H23N5O2. The van der Waals surface area contributed by atoms with Crippen molar-refractivity contribution in [1.82, 2.24) is 19.7 Å². The minimum absolute atomic E-state index is 0.0845. The highest BCUT2D eigenvalue weighted by molar-refractivity contribution is 5.98. The molecule has 7 nitrogen and oxygen atoms in total. The van der Waals surface area contributed by atoms with E-state index < -0.39 is 0 Å². The third-order valence-electron chi connectivity index (χ3n) is 5.72. The number of aromatic nitrogens is 4. The van der Waals surface area contributed by atoms with Gasteiger partial charge in [-0.2, -0.15) is 5.10 Å². The second-order valence-corrected chi connectivity index (χ2v) is 7.73. The SMILES string of the molecule is C=CCOc1cc(O)cc(-c2nn(C3CCc4ccccc4C3)c3ncnc(N)c23)c1. The van der Waals surface area contributed by atoms with Crippen LogP contribution in [0.5, 0.6) is 11.5 Å². The molecule has 2 heterocycles. The number of nitrogens with zero attached hydrogens (tertiary/aromatic N) is 4. The maximum Gasteiger partial charge on any atom is 0.164 e. The molecule has 1 unspecified atom stereocenters. The quantitative estimate of drug-likeness (QED) is 0.479. The molecule has 2 aromatic carbocycles. The first-order chi connectivity index (χ1) is 15.1. The molecule has 0 bridgehead atoms. The number of phenolic OH excluding ortho intramolecular Hbond substituents is 1. The summed E-state index contributed by atoms with van der Waals surface area (Å²) in [7, 11) is 0. The molecule has 0 saturated carbocycles. The molecule has 1 aliphatic rings. The highest BCUT2D eigenvalue weighted by Crippen LogP contribution is 2.37. The van der Waals surface area contributed by atoms with Crippen molar-refractivity contribution in [2.24, 2.45) is 0 Å². The Morgan fingerprint density at radius 1 is 1.19 bits per heavy atom. The van der Waals surface area contributed by atoms with Crippen LogP contribution >= 0.6 is 0 Å². The van der Waals surface area contributed by atoms with Crippen LogP contribution in [0.25, 0.3) is 22.3 Å². The number of aromatic hydroxyl groups is 1. The number of aryl methyl sites for hydroxylation is 1. The van der Waals surface area contributed by atoms with Gasteiger partial charge >= 0.3 is 0 Å². The van der Waals surface area contributed by atoms with Gasteiger partial charge in [0.25, 0.3) is 0 Å². The number of nitrogen functional groups attached to an aromatic ring is 1. The standard InChI is InChI=1S/C24H23N5O2/c1-2-9-31-20-12-17(11-19(30)13-20)22-21-23(25)26-14-27-24(21)29(28-22)18-8-7-15-5-3-4-6-16(15)10-18/h2-6,11-14,18,30H,1,7-10H2,(H2,25,26,27). The molecule has 1 aliphatic carbocycles. The predicted octanol–water partition coefficient (Wildman–Crippen LogP) is 4.08. The summed E-state index contributed by atoms with van der Waals surface area (Å²) in [5.74, 6) is 0.972. The van der Waals surface area contributed by atoms with Crippen molar-refractivity contribution in [1.29, 1.82) is 0 Å². The van der Waals surface area contributed by atoms with Crippen molar-refractivity contribution in [3.8, 4) is 22.8 Å². The van der Waals surface area contributed by atoms with E-state index in [1.807, 2.05) is 10.7 Å². The van der Waals surface area contributed by atoms with Crippen molar-refractivity contribution in [2.75, 3.05) is 12.3 Å². The van der Waals surface area contributed by atoms with E-state index in [1.54, 1.807) is 18.2 Å². The molecule has 31 heavy (non-hydrogen) atoms. The van der Waals surface area contributed by atoms with Crippen LogP contribution in [-0.4, -0.2) is 31.5 Å². The molecule has 0 saturated heterocycles. The fourth-order valence-electron chi connectivity index (χ4n) is 4.30. The lowest BCUT2D eigenvalue weighted by molar-refractivity contribution is 0.360. The number of nitrogens with two attached hydrogens (primary N) is 1. The summed E-state index contributed by atoms with van der Waals surface area (Å²) in [6, 6.07) is 13.7. The van der Waals surface area contributed by atoms with E-state index in [-0.39, 0.29) is 11.8 Å². The second-order valence-electron chi connectivity index (χ2n) is 7.73. The molecule has 0 fully saturated rings. The smallest absolute Gasteiger partial charge is 0.164 e. The Kier molecular flexibility index (Phi) is 4.78. The summed E-state index contributed by atoms with van der Waals surface area (Å²) in [4.78, 5) is 8.70.